The fourth-order valence-corrected chi connectivity index (χ4v) is 5.10. The number of hydrogen-bond acceptors (Lipinski definition) is 8. The number of hydrogen-bond donors (Lipinski definition) is 3. The van der Waals surface area contributed by atoms with Crippen LogP contribution in [-0.2, 0) is 0 Å². The third kappa shape index (κ3) is 3.88. The summed E-state index contributed by atoms with van der Waals surface area (Å²) in [6.07, 6.45) is 8.67. The molecule has 0 bridgehead atoms. The summed E-state index contributed by atoms with van der Waals surface area (Å²) in [5.74, 6) is 0.586. The van der Waals surface area contributed by atoms with Crippen LogP contribution in [0.3, 0.4) is 0 Å². The van der Waals surface area contributed by atoms with E-state index in [1.165, 1.54) is 13.0 Å². The minimum atomic E-state index is 0.0660. The van der Waals surface area contributed by atoms with Crippen LogP contribution in [0.1, 0.15) is 26.2 Å². The summed E-state index contributed by atoms with van der Waals surface area (Å²) in [6.45, 7) is 5.72. The van der Waals surface area contributed by atoms with Crippen molar-refractivity contribution in [1.82, 2.24) is 35.0 Å². The van der Waals surface area contributed by atoms with Gasteiger partial charge in [0, 0.05) is 49.7 Å². The van der Waals surface area contributed by atoms with Crippen molar-refractivity contribution in [2.45, 2.75) is 32.2 Å². The Balaban J connectivity index is 1.33. The highest BCUT2D eigenvalue weighted by Gasteiger charge is 2.25. The number of rotatable bonds is 6. The number of H-pyrrole nitrogens is 2. The number of aromatic amines is 2. The molecule has 31 heavy (non-hydrogen) atoms. The van der Waals surface area contributed by atoms with Crippen LogP contribution in [0.5, 0.6) is 5.75 Å². The molecule has 1 saturated heterocycles. The zero-order valence-electron chi connectivity index (χ0n) is 17.7. The van der Waals surface area contributed by atoms with Crippen LogP contribution in [-0.4, -0.2) is 72.9 Å². The molecule has 9 nitrogen and oxygen atoms in total. The zero-order valence-corrected chi connectivity index (χ0v) is 18.5. The molecule has 0 aromatic carbocycles. The topological polar surface area (TPSA) is 110 Å². The largest absolute Gasteiger partial charge is 0.506 e. The number of aromatic nitrogens is 6. The molecule has 4 aromatic heterocycles. The van der Waals surface area contributed by atoms with Crippen LogP contribution in [0.4, 0.5) is 5.13 Å². The van der Waals surface area contributed by atoms with Crippen molar-refractivity contribution in [1.29, 1.82) is 0 Å². The van der Waals surface area contributed by atoms with Crippen molar-refractivity contribution < 1.29 is 5.11 Å². The summed E-state index contributed by atoms with van der Waals surface area (Å²) < 4.78 is 0. The van der Waals surface area contributed by atoms with E-state index >= 15 is 0 Å². The summed E-state index contributed by atoms with van der Waals surface area (Å²) in [5, 5.41) is 18.2. The first-order valence-corrected chi connectivity index (χ1v) is 11.4. The number of anilines is 1. The summed E-state index contributed by atoms with van der Waals surface area (Å²) in [7, 11) is 2.13. The zero-order chi connectivity index (χ0) is 21.4. The molecule has 1 aliphatic rings. The Kier molecular flexibility index (Phi) is 5.33. The third-order valence-corrected chi connectivity index (χ3v) is 6.96. The lowest BCUT2D eigenvalue weighted by Crippen LogP contribution is -2.43. The fraction of sp³-hybridized carbons (Fsp3) is 0.429. The second kappa shape index (κ2) is 8.27. The van der Waals surface area contributed by atoms with Gasteiger partial charge in [0.25, 0.3) is 0 Å². The highest BCUT2D eigenvalue weighted by atomic mass is 32.1. The van der Waals surface area contributed by atoms with Crippen molar-refractivity contribution in [2.75, 3.05) is 31.6 Å². The van der Waals surface area contributed by atoms with Gasteiger partial charge < -0.3 is 19.9 Å². The van der Waals surface area contributed by atoms with E-state index in [1.54, 1.807) is 36.0 Å². The number of likely N-dealkylation sites (tertiary alicyclic amines) is 1. The summed E-state index contributed by atoms with van der Waals surface area (Å²) >= 11 is 1.57. The van der Waals surface area contributed by atoms with E-state index in [0.717, 1.165) is 52.7 Å². The van der Waals surface area contributed by atoms with E-state index < -0.39 is 0 Å². The quantitative estimate of drug-likeness (QED) is 0.423. The molecule has 1 aliphatic heterocycles. The number of fused-ring (bicyclic) bond motifs is 1. The number of thiazole rings is 1. The molecule has 10 heteroatoms. The molecule has 0 radical (unpaired) electrons. The highest BCUT2D eigenvalue weighted by molar-refractivity contribution is 7.21. The lowest BCUT2D eigenvalue weighted by atomic mass is 10.0. The van der Waals surface area contributed by atoms with E-state index in [2.05, 4.69) is 48.9 Å². The Morgan fingerprint density at radius 3 is 2.74 bits per heavy atom. The van der Waals surface area contributed by atoms with Gasteiger partial charge in [-0.2, -0.15) is 5.10 Å². The van der Waals surface area contributed by atoms with Crippen molar-refractivity contribution in [3.05, 3.63) is 24.7 Å². The molecule has 3 N–H and O–H groups in total. The fourth-order valence-electron chi connectivity index (χ4n) is 4.17. The molecule has 0 atom stereocenters. The molecule has 5 heterocycles. The minimum Gasteiger partial charge on any atom is -0.506 e. The lowest BCUT2D eigenvalue weighted by molar-refractivity contribution is 0.211. The van der Waals surface area contributed by atoms with E-state index in [9.17, 15) is 5.11 Å². The van der Waals surface area contributed by atoms with Gasteiger partial charge in [-0.1, -0.05) is 18.3 Å². The average Bonchev–Trinajstić information content (AvgIpc) is 3.51. The van der Waals surface area contributed by atoms with Gasteiger partial charge in [0.2, 0.25) is 0 Å². The molecule has 0 unspecified atom stereocenters. The number of piperidine rings is 1. The molecule has 1 fully saturated rings. The molecular weight excluding hydrogens is 412 g/mol. The Morgan fingerprint density at radius 2 is 2.06 bits per heavy atom. The summed E-state index contributed by atoms with van der Waals surface area (Å²) in [6, 6.07) is 2.17. The van der Waals surface area contributed by atoms with E-state index in [0.29, 0.717) is 17.6 Å². The van der Waals surface area contributed by atoms with Crippen molar-refractivity contribution >= 4 is 26.9 Å². The maximum absolute atomic E-state index is 10.5. The van der Waals surface area contributed by atoms with Crippen LogP contribution >= 0.6 is 11.3 Å². The number of imidazole rings is 1. The smallest absolute Gasteiger partial charge is 0.189 e. The Bertz CT molecular complexity index is 1130. The van der Waals surface area contributed by atoms with Crippen molar-refractivity contribution in [2.24, 2.45) is 0 Å². The van der Waals surface area contributed by atoms with Crippen molar-refractivity contribution in [3.8, 4) is 28.4 Å². The van der Waals surface area contributed by atoms with Gasteiger partial charge in [0.15, 0.2) is 21.4 Å². The molecule has 0 spiro atoms. The van der Waals surface area contributed by atoms with E-state index in [4.69, 9.17) is 4.98 Å². The summed E-state index contributed by atoms with van der Waals surface area (Å²) in [4.78, 5) is 22.7. The van der Waals surface area contributed by atoms with Gasteiger partial charge in [0.05, 0.1) is 6.20 Å². The van der Waals surface area contributed by atoms with Gasteiger partial charge in [-0.15, -0.1) is 0 Å². The minimum absolute atomic E-state index is 0.0660. The number of aromatic hydroxyl groups is 1. The molecule has 0 aliphatic carbocycles. The third-order valence-electron chi connectivity index (χ3n) is 5.92. The lowest BCUT2D eigenvalue weighted by Gasteiger charge is -2.36. The standard InChI is InChI=1S/C21H26N8OS/c1-3-6-29-7-4-15(5-8-29)28(2)21-27-19-20(31-21)26-18(25-19)17-16(30)9-13(10-22-17)14-11-23-24-12-14/h9-12,15,30H,3-8H2,1-2H3,(H,23,24)(H,25,26). The normalized spacial score (nSPS) is 15.7. The second-order valence-electron chi connectivity index (χ2n) is 8.00. The van der Waals surface area contributed by atoms with Crippen LogP contribution in [0.25, 0.3) is 33.1 Å². The van der Waals surface area contributed by atoms with Crippen LogP contribution < -0.4 is 4.90 Å². The van der Waals surface area contributed by atoms with Crippen LogP contribution in [0.15, 0.2) is 24.7 Å². The number of nitrogens with one attached hydrogen (secondary N) is 2. The van der Waals surface area contributed by atoms with Gasteiger partial charge >= 0.3 is 0 Å². The van der Waals surface area contributed by atoms with Crippen LogP contribution in [0.2, 0.25) is 0 Å². The average molecular weight is 439 g/mol. The molecule has 0 amide bonds. The van der Waals surface area contributed by atoms with Gasteiger partial charge in [-0.25, -0.2) is 15.0 Å². The predicted octanol–water partition coefficient (Wildman–Crippen LogP) is 3.49. The molecule has 5 rings (SSSR count). The Morgan fingerprint density at radius 1 is 1.23 bits per heavy atom. The molecular formula is C21H26N8OS. The maximum Gasteiger partial charge on any atom is 0.189 e. The molecule has 162 valence electrons. The number of pyridine rings is 1. The number of nitrogens with zero attached hydrogens (tertiary/aromatic N) is 6. The van der Waals surface area contributed by atoms with E-state index in [1.807, 2.05) is 0 Å². The monoisotopic (exact) mass is 438 g/mol. The maximum atomic E-state index is 10.5. The first-order valence-electron chi connectivity index (χ1n) is 10.6. The highest BCUT2D eigenvalue weighted by Crippen LogP contribution is 2.34. The SMILES string of the molecule is CCCN1CCC(N(C)c2nc3[nH]c(-c4ncc(-c5cn[nH]c5)cc4O)nc3s2)CC1. The van der Waals surface area contributed by atoms with Crippen LogP contribution in [0, 0.1) is 0 Å². The van der Waals surface area contributed by atoms with Gasteiger partial charge in [-0.05, 0) is 31.9 Å². The first kappa shape index (κ1) is 20.0. The second-order valence-corrected chi connectivity index (χ2v) is 8.95. The molecule has 0 saturated carbocycles. The van der Waals surface area contributed by atoms with Gasteiger partial charge in [0.1, 0.15) is 11.4 Å². The molecule has 4 aromatic rings. The van der Waals surface area contributed by atoms with E-state index in [-0.39, 0.29) is 5.75 Å². The predicted molar refractivity (Wildman–Crippen MR) is 122 cm³/mol. The van der Waals surface area contributed by atoms with Gasteiger partial charge in [-0.3, -0.25) is 5.10 Å². The summed E-state index contributed by atoms with van der Waals surface area (Å²) in [5.41, 5.74) is 2.79. The van der Waals surface area contributed by atoms with Crippen molar-refractivity contribution in [3.63, 3.8) is 0 Å². The Hall–Kier alpha value is -2.98. The first-order chi connectivity index (χ1) is 15.1. The Labute approximate surface area is 184 Å².